The smallest absolute Gasteiger partial charge is 0.202 e. The van der Waals surface area contributed by atoms with Gasteiger partial charge in [-0.2, -0.15) is 5.10 Å². The van der Waals surface area contributed by atoms with Crippen molar-refractivity contribution in [2.75, 3.05) is 5.73 Å². The van der Waals surface area contributed by atoms with Crippen LogP contribution in [0, 0.1) is 0 Å². The maximum Gasteiger partial charge on any atom is 0.202 e. The topological polar surface area (TPSA) is 87.4 Å². The Kier molecular flexibility index (Phi) is 2.44. The zero-order valence-electron chi connectivity index (χ0n) is 9.98. The van der Waals surface area contributed by atoms with Gasteiger partial charge in [0.25, 0.3) is 0 Å². The molecule has 3 aromatic heterocycles. The molecule has 0 amide bonds. The van der Waals surface area contributed by atoms with Gasteiger partial charge in [-0.15, -0.1) is 0 Å². The second-order valence-electron chi connectivity index (χ2n) is 4.05. The standard InChI is InChI=1S/C11H13N7/c1-17-7-14-9(16-17)4-6-18-10-8(15-11(18)12)3-2-5-13-10/h2-3,5,7H,4,6H2,1H3,(H2,12,15). The Morgan fingerprint density at radius 2 is 2.22 bits per heavy atom. The third-order valence-corrected chi connectivity index (χ3v) is 2.74. The van der Waals surface area contributed by atoms with Crippen molar-refractivity contribution in [3.05, 3.63) is 30.5 Å². The van der Waals surface area contributed by atoms with Gasteiger partial charge < -0.3 is 5.73 Å². The number of rotatable bonds is 3. The van der Waals surface area contributed by atoms with Crippen molar-refractivity contribution < 1.29 is 0 Å². The predicted octanol–water partition coefficient (Wildman–Crippen LogP) is 0.385. The summed E-state index contributed by atoms with van der Waals surface area (Å²) in [4.78, 5) is 12.7. The fourth-order valence-electron chi connectivity index (χ4n) is 1.91. The molecule has 7 heteroatoms. The summed E-state index contributed by atoms with van der Waals surface area (Å²) >= 11 is 0. The fraction of sp³-hybridized carbons (Fsp3) is 0.273. The van der Waals surface area contributed by atoms with Crippen LogP contribution in [0.4, 0.5) is 5.95 Å². The van der Waals surface area contributed by atoms with Crippen LogP contribution in [0.2, 0.25) is 0 Å². The van der Waals surface area contributed by atoms with E-state index in [9.17, 15) is 0 Å². The molecular formula is C11H13N7. The highest BCUT2D eigenvalue weighted by Crippen LogP contribution is 2.15. The largest absolute Gasteiger partial charge is 0.369 e. The first kappa shape index (κ1) is 10.7. The van der Waals surface area contributed by atoms with Crippen molar-refractivity contribution >= 4 is 17.1 Å². The van der Waals surface area contributed by atoms with Crippen LogP contribution in [0.1, 0.15) is 5.82 Å². The van der Waals surface area contributed by atoms with Crippen LogP contribution in [0.25, 0.3) is 11.2 Å². The van der Waals surface area contributed by atoms with Crippen LogP contribution in [0.3, 0.4) is 0 Å². The van der Waals surface area contributed by atoms with Gasteiger partial charge in [-0.1, -0.05) is 0 Å². The molecule has 0 fully saturated rings. The molecule has 0 radical (unpaired) electrons. The molecule has 0 spiro atoms. The lowest BCUT2D eigenvalue weighted by Crippen LogP contribution is -2.07. The van der Waals surface area contributed by atoms with Crippen LogP contribution >= 0.6 is 0 Å². The molecule has 0 bridgehead atoms. The number of fused-ring (bicyclic) bond motifs is 1. The maximum atomic E-state index is 5.89. The van der Waals surface area contributed by atoms with Gasteiger partial charge >= 0.3 is 0 Å². The number of imidazole rings is 1. The summed E-state index contributed by atoms with van der Waals surface area (Å²) in [5, 5.41) is 4.23. The van der Waals surface area contributed by atoms with E-state index in [2.05, 4.69) is 20.1 Å². The lowest BCUT2D eigenvalue weighted by molar-refractivity contribution is 0.674. The maximum absolute atomic E-state index is 5.89. The van der Waals surface area contributed by atoms with E-state index >= 15 is 0 Å². The van der Waals surface area contributed by atoms with Crippen molar-refractivity contribution in [3.63, 3.8) is 0 Å². The van der Waals surface area contributed by atoms with Crippen molar-refractivity contribution in [2.24, 2.45) is 7.05 Å². The average Bonchev–Trinajstić information content (AvgIpc) is 2.90. The Bertz CT molecular complexity index is 682. The summed E-state index contributed by atoms with van der Waals surface area (Å²) in [6.07, 6.45) is 4.12. The monoisotopic (exact) mass is 243 g/mol. The number of nitrogens with zero attached hydrogens (tertiary/aromatic N) is 6. The Morgan fingerprint density at radius 3 is 3.00 bits per heavy atom. The van der Waals surface area contributed by atoms with Crippen LogP contribution in [0.5, 0.6) is 0 Å². The molecule has 0 atom stereocenters. The third kappa shape index (κ3) is 1.79. The van der Waals surface area contributed by atoms with Crippen molar-refractivity contribution in [1.29, 1.82) is 0 Å². The number of anilines is 1. The highest BCUT2D eigenvalue weighted by atomic mass is 15.3. The van der Waals surface area contributed by atoms with Crippen LogP contribution < -0.4 is 5.73 Å². The Labute approximate surface area is 103 Å². The van der Waals surface area contributed by atoms with Gasteiger partial charge in [-0.3, -0.25) is 9.25 Å². The van der Waals surface area contributed by atoms with Gasteiger partial charge in [0.2, 0.25) is 5.95 Å². The van der Waals surface area contributed by atoms with Crippen molar-refractivity contribution in [3.8, 4) is 0 Å². The SMILES string of the molecule is Cn1cnc(CCn2c(N)nc3cccnc32)n1. The van der Waals surface area contributed by atoms with E-state index < -0.39 is 0 Å². The summed E-state index contributed by atoms with van der Waals surface area (Å²) in [6, 6.07) is 3.74. The highest BCUT2D eigenvalue weighted by Gasteiger charge is 2.09. The molecule has 3 rings (SSSR count). The molecular weight excluding hydrogens is 230 g/mol. The van der Waals surface area contributed by atoms with E-state index in [1.54, 1.807) is 17.2 Å². The fourth-order valence-corrected chi connectivity index (χ4v) is 1.91. The molecule has 7 nitrogen and oxygen atoms in total. The molecule has 3 aromatic rings. The first-order chi connectivity index (χ1) is 8.74. The van der Waals surface area contributed by atoms with E-state index in [0.717, 1.165) is 17.0 Å². The number of aryl methyl sites for hydroxylation is 3. The second kappa shape index (κ2) is 4.10. The molecule has 18 heavy (non-hydrogen) atoms. The molecule has 0 saturated carbocycles. The molecule has 0 aliphatic rings. The summed E-state index contributed by atoms with van der Waals surface area (Å²) in [6.45, 7) is 0.670. The molecule has 0 aromatic carbocycles. The normalized spacial score (nSPS) is 11.2. The predicted molar refractivity (Wildman–Crippen MR) is 66.6 cm³/mol. The minimum absolute atomic E-state index is 0.472. The van der Waals surface area contributed by atoms with Gasteiger partial charge in [-0.25, -0.2) is 15.0 Å². The summed E-state index contributed by atoms with van der Waals surface area (Å²) in [7, 11) is 1.85. The number of hydrogen-bond donors (Lipinski definition) is 1. The minimum atomic E-state index is 0.472. The zero-order chi connectivity index (χ0) is 12.5. The summed E-state index contributed by atoms with van der Waals surface area (Å²) in [5.74, 6) is 1.26. The second-order valence-corrected chi connectivity index (χ2v) is 4.05. The van der Waals surface area contributed by atoms with Crippen molar-refractivity contribution in [1.82, 2.24) is 29.3 Å². The highest BCUT2D eigenvalue weighted by molar-refractivity contribution is 5.73. The molecule has 92 valence electrons. The number of hydrogen-bond acceptors (Lipinski definition) is 5. The quantitative estimate of drug-likeness (QED) is 0.718. The van der Waals surface area contributed by atoms with E-state index in [1.807, 2.05) is 23.7 Å². The summed E-state index contributed by atoms with van der Waals surface area (Å²) in [5.41, 5.74) is 7.49. The lowest BCUT2D eigenvalue weighted by atomic mass is 10.4. The number of pyridine rings is 1. The molecule has 0 aliphatic heterocycles. The number of nitrogens with two attached hydrogens (primary N) is 1. The van der Waals surface area contributed by atoms with Crippen LogP contribution in [0.15, 0.2) is 24.7 Å². The van der Waals surface area contributed by atoms with Crippen LogP contribution in [-0.2, 0) is 20.0 Å². The first-order valence-corrected chi connectivity index (χ1v) is 5.65. The Balaban J connectivity index is 1.88. The first-order valence-electron chi connectivity index (χ1n) is 5.65. The van der Waals surface area contributed by atoms with E-state index in [4.69, 9.17) is 5.73 Å². The van der Waals surface area contributed by atoms with E-state index in [1.165, 1.54) is 0 Å². The number of nitrogen functional groups attached to an aromatic ring is 1. The van der Waals surface area contributed by atoms with Gasteiger partial charge in [0.15, 0.2) is 11.5 Å². The molecule has 0 saturated heterocycles. The average molecular weight is 243 g/mol. The van der Waals surface area contributed by atoms with E-state index in [0.29, 0.717) is 18.9 Å². The van der Waals surface area contributed by atoms with Gasteiger partial charge in [-0.05, 0) is 12.1 Å². The molecule has 0 unspecified atom stereocenters. The summed E-state index contributed by atoms with van der Waals surface area (Å²) < 4.78 is 3.56. The Morgan fingerprint density at radius 1 is 1.33 bits per heavy atom. The van der Waals surface area contributed by atoms with Crippen LogP contribution in [-0.4, -0.2) is 29.3 Å². The third-order valence-electron chi connectivity index (χ3n) is 2.74. The minimum Gasteiger partial charge on any atom is -0.369 e. The lowest BCUT2D eigenvalue weighted by Gasteiger charge is -2.03. The Hall–Kier alpha value is -2.44. The molecule has 2 N–H and O–H groups in total. The van der Waals surface area contributed by atoms with E-state index in [-0.39, 0.29) is 0 Å². The van der Waals surface area contributed by atoms with Gasteiger partial charge in [0, 0.05) is 26.2 Å². The zero-order valence-corrected chi connectivity index (χ0v) is 9.98. The van der Waals surface area contributed by atoms with Gasteiger partial charge in [0.1, 0.15) is 11.8 Å². The molecule has 3 heterocycles. The van der Waals surface area contributed by atoms with Crippen molar-refractivity contribution in [2.45, 2.75) is 13.0 Å². The molecule has 0 aliphatic carbocycles. The number of aromatic nitrogens is 6. The van der Waals surface area contributed by atoms with Gasteiger partial charge in [0.05, 0.1) is 0 Å².